The third-order valence-electron chi connectivity index (χ3n) is 16.5. The number of hydrogen-bond acceptors (Lipinski definition) is 4. The first-order valence-corrected chi connectivity index (χ1v) is 34.6. The van der Waals surface area contributed by atoms with Gasteiger partial charge in [0.15, 0.2) is 0 Å². The fourth-order valence-corrected chi connectivity index (χ4v) is 11.3. The van der Waals surface area contributed by atoms with Crippen LogP contribution in [0.4, 0.5) is 0 Å². The molecule has 0 aliphatic heterocycles. The van der Waals surface area contributed by atoms with E-state index in [1.807, 2.05) is 0 Å². The van der Waals surface area contributed by atoms with Crippen molar-refractivity contribution < 1.29 is 20.1 Å². The maximum absolute atomic E-state index is 12.6. The monoisotopic (exact) mass is 1060 g/mol. The van der Waals surface area contributed by atoms with E-state index < -0.39 is 18.2 Å². The van der Waals surface area contributed by atoms with Crippen LogP contribution in [0.2, 0.25) is 0 Å². The Kier molecular flexibility index (Phi) is 64.3. The van der Waals surface area contributed by atoms with Crippen LogP contribution in [0.3, 0.4) is 0 Å². The van der Waals surface area contributed by atoms with E-state index in [2.05, 4.69) is 43.5 Å². The highest BCUT2D eigenvalue weighted by atomic mass is 16.3. The molecule has 446 valence electrons. The predicted octanol–water partition coefficient (Wildman–Crippen LogP) is 22.4. The zero-order chi connectivity index (χ0) is 54.3. The van der Waals surface area contributed by atoms with Crippen LogP contribution in [-0.2, 0) is 4.79 Å². The Morgan fingerprint density at radius 3 is 0.840 bits per heavy atom. The molecule has 0 spiro atoms. The van der Waals surface area contributed by atoms with Crippen molar-refractivity contribution in [2.75, 3.05) is 6.61 Å². The van der Waals surface area contributed by atoms with Crippen molar-refractivity contribution in [2.45, 2.75) is 411 Å². The van der Waals surface area contributed by atoms with Gasteiger partial charge in [-0.15, -0.1) is 0 Å². The summed E-state index contributed by atoms with van der Waals surface area (Å²) < 4.78 is 0. The molecule has 5 nitrogen and oxygen atoms in total. The summed E-state index contributed by atoms with van der Waals surface area (Å²) in [4.78, 5) is 12.6. The van der Waals surface area contributed by atoms with Gasteiger partial charge in [-0.25, -0.2) is 0 Å². The van der Waals surface area contributed by atoms with E-state index in [9.17, 15) is 20.1 Å². The lowest BCUT2D eigenvalue weighted by molar-refractivity contribution is -0.125. The maximum atomic E-state index is 12.6. The summed E-state index contributed by atoms with van der Waals surface area (Å²) in [6.45, 7) is 4.32. The molecule has 0 aliphatic carbocycles. The van der Waals surface area contributed by atoms with Crippen molar-refractivity contribution >= 4 is 5.91 Å². The first kappa shape index (κ1) is 73.8. The van der Waals surface area contributed by atoms with Gasteiger partial charge in [-0.1, -0.05) is 366 Å². The summed E-state index contributed by atoms with van der Waals surface area (Å²) in [7, 11) is 0. The highest BCUT2D eigenvalue weighted by Crippen LogP contribution is 2.19. The molecule has 0 aromatic carbocycles. The molecule has 0 aromatic rings. The third-order valence-corrected chi connectivity index (χ3v) is 16.5. The fraction of sp³-hybridized carbons (Fsp3) is 0.929. The Balaban J connectivity index is 3.46. The van der Waals surface area contributed by atoms with Crippen LogP contribution in [0.15, 0.2) is 24.3 Å². The minimum atomic E-state index is -0.750. The summed E-state index contributed by atoms with van der Waals surface area (Å²) >= 11 is 0. The Bertz CT molecular complexity index is 1120. The SMILES string of the molecule is CCCCCCCCCCCCCCCCC/C=C\C/C=C\CCCCCCCCCCCCCCCCCC(O)CC(=O)NC(CO)C(O)CCCCCCCCCCCCCCCCCCCCCCCCC. The standard InChI is InChI=1S/C70H137NO4/c1-3-5-7-9-11-13-15-17-19-21-23-25-27-28-29-30-31-32-33-34-35-36-37-38-39-40-42-43-45-47-49-51-53-55-57-59-61-63-67(73)65-70(75)71-68(66-72)69(74)64-62-60-58-56-54-52-50-48-46-44-41-26-24-22-20-18-16-14-12-10-8-6-4-2/h31-32,34-35,67-69,72-74H,3-30,33,36-66H2,1-2H3,(H,71,75)/b32-31-,35-34-. The zero-order valence-electron chi connectivity index (χ0n) is 51.2. The third kappa shape index (κ3) is 61.9. The number of hydrogen-bond donors (Lipinski definition) is 4. The number of amides is 1. The van der Waals surface area contributed by atoms with E-state index in [1.165, 1.54) is 327 Å². The second-order valence-electron chi connectivity index (χ2n) is 24.1. The molecule has 5 heteroatoms. The molecule has 3 unspecified atom stereocenters. The van der Waals surface area contributed by atoms with Crippen LogP contribution in [-0.4, -0.2) is 46.1 Å². The molecule has 1 amide bonds. The molecular formula is C70H137NO4. The van der Waals surface area contributed by atoms with Crippen LogP contribution < -0.4 is 5.32 Å². The Hall–Kier alpha value is -1.17. The normalized spacial score (nSPS) is 13.2. The van der Waals surface area contributed by atoms with Gasteiger partial charge < -0.3 is 20.6 Å². The molecular weight excluding hydrogens is 919 g/mol. The lowest BCUT2D eigenvalue weighted by atomic mass is 10.0. The zero-order valence-corrected chi connectivity index (χ0v) is 51.2. The van der Waals surface area contributed by atoms with Gasteiger partial charge in [0.2, 0.25) is 5.91 Å². The van der Waals surface area contributed by atoms with Crippen LogP contribution in [0.5, 0.6) is 0 Å². The summed E-state index contributed by atoms with van der Waals surface area (Å²) in [5.74, 6) is -0.276. The van der Waals surface area contributed by atoms with Crippen molar-refractivity contribution in [1.82, 2.24) is 5.32 Å². The molecule has 0 saturated heterocycles. The highest BCUT2D eigenvalue weighted by molar-refractivity contribution is 5.76. The molecule has 4 N–H and O–H groups in total. The number of nitrogens with one attached hydrogen (secondary N) is 1. The van der Waals surface area contributed by atoms with Crippen LogP contribution in [0.25, 0.3) is 0 Å². The minimum absolute atomic E-state index is 0.0398. The van der Waals surface area contributed by atoms with Crippen molar-refractivity contribution in [3.05, 3.63) is 24.3 Å². The lowest BCUT2D eigenvalue weighted by Gasteiger charge is -2.23. The molecule has 0 rings (SSSR count). The molecule has 0 aliphatic rings. The van der Waals surface area contributed by atoms with Gasteiger partial charge in [0.25, 0.3) is 0 Å². The van der Waals surface area contributed by atoms with Crippen LogP contribution in [0.1, 0.15) is 393 Å². The number of allylic oxidation sites excluding steroid dienone is 4. The largest absolute Gasteiger partial charge is 0.394 e. The van der Waals surface area contributed by atoms with E-state index in [-0.39, 0.29) is 18.9 Å². The fourth-order valence-electron chi connectivity index (χ4n) is 11.3. The number of aliphatic hydroxyl groups excluding tert-OH is 3. The summed E-state index contributed by atoms with van der Waals surface area (Å²) in [5, 5.41) is 33.8. The van der Waals surface area contributed by atoms with Gasteiger partial charge in [0, 0.05) is 0 Å². The summed E-state index contributed by atoms with van der Waals surface area (Å²) in [6.07, 6.45) is 85.4. The number of carbonyl (C=O) groups is 1. The van der Waals surface area contributed by atoms with E-state index in [0.717, 1.165) is 32.1 Å². The van der Waals surface area contributed by atoms with Crippen molar-refractivity contribution in [2.24, 2.45) is 0 Å². The molecule has 0 saturated carbocycles. The quantitative estimate of drug-likeness (QED) is 0.0361. The average molecular weight is 1060 g/mol. The smallest absolute Gasteiger partial charge is 0.222 e. The van der Waals surface area contributed by atoms with Crippen LogP contribution in [0, 0.1) is 0 Å². The topological polar surface area (TPSA) is 89.8 Å². The van der Waals surface area contributed by atoms with E-state index in [0.29, 0.717) is 12.8 Å². The first-order chi connectivity index (χ1) is 37.0. The van der Waals surface area contributed by atoms with E-state index >= 15 is 0 Å². The number of unbranched alkanes of at least 4 members (excludes halogenated alkanes) is 52. The molecule has 0 bridgehead atoms. The predicted molar refractivity (Wildman–Crippen MR) is 333 cm³/mol. The van der Waals surface area contributed by atoms with Gasteiger partial charge in [-0.2, -0.15) is 0 Å². The van der Waals surface area contributed by atoms with Crippen LogP contribution >= 0.6 is 0 Å². The first-order valence-electron chi connectivity index (χ1n) is 34.6. The molecule has 75 heavy (non-hydrogen) atoms. The second-order valence-corrected chi connectivity index (χ2v) is 24.1. The van der Waals surface area contributed by atoms with Gasteiger partial charge in [0.1, 0.15) is 0 Å². The second kappa shape index (κ2) is 65.3. The molecule has 0 aromatic heterocycles. The highest BCUT2D eigenvalue weighted by Gasteiger charge is 2.21. The summed E-state index contributed by atoms with van der Waals surface area (Å²) in [5.41, 5.74) is 0. The molecule has 0 heterocycles. The average Bonchev–Trinajstić information content (AvgIpc) is 3.41. The minimum Gasteiger partial charge on any atom is -0.394 e. The van der Waals surface area contributed by atoms with Crippen molar-refractivity contribution in [3.8, 4) is 0 Å². The summed E-state index contributed by atoms with van der Waals surface area (Å²) in [6, 6.07) is -0.659. The lowest BCUT2D eigenvalue weighted by Crippen LogP contribution is -2.46. The van der Waals surface area contributed by atoms with Crippen molar-refractivity contribution in [1.29, 1.82) is 0 Å². The van der Waals surface area contributed by atoms with Gasteiger partial charge in [-0.05, 0) is 44.9 Å². The Labute approximate surface area is 471 Å². The van der Waals surface area contributed by atoms with Crippen molar-refractivity contribution in [3.63, 3.8) is 0 Å². The number of aliphatic hydroxyl groups is 3. The Morgan fingerprint density at radius 1 is 0.333 bits per heavy atom. The maximum Gasteiger partial charge on any atom is 0.222 e. The van der Waals surface area contributed by atoms with Gasteiger partial charge in [0.05, 0.1) is 31.3 Å². The molecule has 0 radical (unpaired) electrons. The Morgan fingerprint density at radius 2 is 0.573 bits per heavy atom. The number of carbonyl (C=O) groups excluding carboxylic acids is 1. The van der Waals surface area contributed by atoms with Gasteiger partial charge in [-0.3, -0.25) is 4.79 Å². The number of rotatable bonds is 65. The van der Waals surface area contributed by atoms with E-state index in [4.69, 9.17) is 0 Å². The van der Waals surface area contributed by atoms with Gasteiger partial charge >= 0.3 is 0 Å². The van der Waals surface area contributed by atoms with E-state index in [1.54, 1.807) is 0 Å². The molecule has 3 atom stereocenters. The molecule has 0 fully saturated rings.